The van der Waals surface area contributed by atoms with Crippen molar-refractivity contribution >= 4 is 17.8 Å². The van der Waals surface area contributed by atoms with E-state index >= 15 is 0 Å². The Labute approximate surface area is 148 Å². The van der Waals surface area contributed by atoms with Crippen LogP contribution < -0.4 is 0 Å². The third-order valence-electron chi connectivity index (χ3n) is 5.11. The number of hydrogen-bond donors (Lipinski definition) is 0. The van der Waals surface area contributed by atoms with Crippen LogP contribution in [0.25, 0.3) is 0 Å². The zero-order valence-electron chi connectivity index (χ0n) is 14.2. The molecule has 144 valence electrons. The molecule has 0 N–H and O–H groups in total. The first-order valence-electron chi connectivity index (χ1n) is 8.57. The topological polar surface area (TPSA) is 72.9 Å². The molecule has 0 aromatic carbocycles. The van der Waals surface area contributed by atoms with Crippen LogP contribution in [0.4, 0.5) is 13.2 Å². The number of esters is 1. The lowest BCUT2D eigenvalue weighted by atomic mass is 9.72. The van der Waals surface area contributed by atoms with Gasteiger partial charge in [-0.25, -0.2) is 0 Å². The van der Waals surface area contributed by atoms with Gasteiger partial charge in [-0.15, -0.1) is 0 Å². The molecule has 2 aliphatic heterocycles. The maximum Gasteiger partial charge on any atom is 0.406 e. The molecule has 2 saturated heterocycles. The summed E-state index contributed by atoms with van der Waals surface area (Å²) in [5.74, 6) is -6.17. The predicted molar refractivity (Wildman–Crippen MR) is 81.5 cm³/mol. The van der Waals surface area contributed by atoms with E-state index in [1.165, 1.54) is 6.08 Å². The van der Waals surface area contributed by atoms with Gasteiger partial charge in [0.2, 0.25) is 11.8 Å². The maximum absolute atomic E-state index is 12.7. The number of amides is 2. The number of carbonyl (C=O) groups is 3. The van der Waals surface area contributed by atoms with E-state index in [2.05, 4.69) is 0 Å². The van der Waals surface area contributed by atoms with Crippen LogP contribution in [0.3, 0.4) is 0 Å². The summed E-state index contributed by atoms with van der Waals surface area (Å²) in [5.41, 5.74) is 0. The zero-order chi connectivity index (χ0) is 19.1. The third-order valence-corrected chi connectivity index (χ3v) is 5.11. The molecule has 3 aliphatic rings. The Balaban J connectivity index is 1.75. The molecule has 0 radical (unpaired) electrons. The second kappa shape index (κ2) is 7.02. The molecule has 5 unspecified atom stereocenters. The van der Waals surface area contributed by atoms with Crippen molar-refractivity contribution in [1.29, 1.82) is 0 Å². The minimum atomic E-state index is -4.69. The van der Waals surface area contributed by atoms with Crippen LogP contribution in [0.1, 0.15) is 19.8 Å². The summed E-state index contributed by atoms with van der Waals surface area (Å²) >= 11 is 0. The maximum atomic E-state index is 12.7. The number of imide groups is 1. The average molecular weight is 375 g/mol. The van der Waals surface area contributed by atoms with Gasteiger partial charge in [-0.1, -0.05) is 19.1 Å². The second-order valence-electron chi connectivity index (χ2n) is 6.96. The van der Waals surface area contributed by atoms with Crippen LogP contribution in [0.2, 0.25) is 0 Å². The molecule has 0 aromatic rings. The summed E-state index contributed by atoms with van der Waals surface area (Å²) in [4.78, 5) is 37.5. The first-order chi connectivity index (χ1) is 12.2. The van der Waals surface area contributed by atoms with Gasteiger partial charge in [0.05, 0.1) is 23.9 Å². The van der Waals surface area contributed by atoms with Crippen LogP contribution in [-0.2, 0) is 23.9 Å². The Morgan fingerprint density at radius 2 is 2.04 bits per heavy atom. The summed E-state index contributed by atoms with van der Waals surface area (Å²) in [7, 11) is 0. The Morgan fingerprint density at radius 1 is 1.31 bits per heavy atom. The lowest BCUT2D eigenvalue weighted by Crippen LogP contribution is -2.42. The molecule has 0 spiro atoms. The summed E-state index contributed by atoms with van der Waals surface area (Å²) in [6.07, 6.45) is -0.251. The highest BCUT2D eigenvalue weighted by Gasteiger charge is 2.56. The van der Waals surface area contributed by atoms with Crippen molar-refractivity contribution in [3.05, 3.63) is 12.2 Å². The molecule has 26 heavy (non-hydrogen) atoms. The van der Waals surface area contributed by atoms with Crippen LogP contribution in [0, 0.1) is 23.7 Å². The molecular formula is C17H20F3NO5. The lowest BCUT2D eigenvalue weighted by molar-refractivity contribution is -0.168. The zero-order valence-corrected chi connectivity index (χ0v) is 14.2. The Hall–Kier alpha value is -1.90. The van der Waals surface area contributed by atoms with Crippen LogP contribution >= 0.6 is 0 Å². The van der Waals surface area contributed by atoms with Gasteiger partial charge < -0.3 is 9.47 Å². The normalized spacial score (nSPS) is 34.3. The van der Waals surface area contributed by atoms with Crippen molar-refractivity contribution in [3.63, 3.8) is 0 Å². The first kappa shape index (κ1) is 18.9. The molecule has 3 rings (SSSR count). The van der Waals surface area contributed by atoms with Crippen LogP contribution in [0.5, 0.6) is 0 Å². The van der Waals surface area contributed by atoms with Crippen molar-refractivity contribution in [2.24, 2.45) is 23.7 Å². The number of fused-ring (bicyclic) bond motifs is 1. The van der Waals surface area contributed by atoms with E-state index in [1.807, 2.05) is 0 Å². The fraction of sp³-hybridized carbons (Fsp3) is 0.706. The molecule has 1 aliphatic carbocycles. The fourth-order valence-corrected chi connectivity index (χ4v) is 3.84. The van der Waals surface area contributed by atoms with Crippen molar-refractivity contribution in [2.45, 2.75) is 32.0 Å². The minimum absolute atomic E-state index is 0.0392. The Kier molecular flexibility index (Phi) is 5.09. The summed E-state index contributed by atoms with van der Waals surface area (Å²) in [5, 5.41) is 0. The average Bonchev–Trinajstić information content (AvgIpc) is 3.15. The van der Waals surface area contributed by atoms with E-state index in [4.69, 9.17) is 9.47 Å². The summed E-state index contributed by atoms with van der Waals surface area (Å²) < 4.78 is 48.7. The summed E-state index contributed by atoms with van der Waals surface area (Å²) in [6.45, 7) is 0.666. The predicted octanol–water partition coefficient (Wildman–Crippen LogP) is 1.69. The number of carbonyl (C=O) groups excluding carboxylic acids is 3. The summed E-state index contributed by atoms with van der Waals surface area (Å²) in [6, 6.07) is 0. The SMILES string of the molecule is CC1C=CC2C(=O)N(CC(F)(F)F)C(=O)C2C1C(=O)OCC1CCCO1. The largest absolute Gasteiger partial charge is 0.463 e. The monoisotopic (exact) mass is 375 g/mol. The fourth-order valence-electron chi connectivity index (χ4n) is 3.84. The Morgan fingerprint density at radius 3 is 2.65 bits per heavy atom. The van der Waals surface area contributed by atoms with Gasteiger partial charge in [-0.3, -0.25) is 19.3 Å². The number of allylic oxidation sites excluding steroid dienone is 1. The van der Waals surface area contributed by atoms with Gasteiger partial charge >= 0.3 is 12.1 Å². The van der Waals surface area contributed by atoms with Crippen molar-refractivity contribution in [2.75, 3.05) is 19.8 Å². The van der Waals surface area contributed by atoms with Crippen molar-refractivity contribution < 1.29 is 37.0 Å². The minimum Gasteiger partial charge on any atom is -0.463 e. The van der Waals surface area contributed by atoms with E-state index in [1.54, 1.807) is 13.0 Å². The van der Waals surface area contributed by atoms with Gasteiger partial charge in [0.1, 0.15) is 13.2 Å². The first-order valence-corrected chi connectivity index (χ1v) is 8.57. The number of likely N-dealkylation sites (tertiary alicyclic amines) is 1. The molecule has 2 amide bonds. The molecule has 0 saturated carbocycles. The molecule has 9 heteroatoms. The number of nitrogens with zero attached hydrogens (tertiary/aromatic N) is 1. The van der Waals surface area contributed by atoms with Gasteiger partial charge in [-0.05, 0) is 18.8 Å². The van der Waals surface area contributed by atoms with Crippen molar-refractivity contribution in [3.8, 4) is 0 Å². The number of alkyl halides is 3. The highest BCUT2D eigenvalue weighted by Crippen LogP contribution is 2.42. The molecule has 2 fully saturated rings. The van der Waals surface area contributed by atoms with Crippen LogP contribution in [-0.4, -0.2) is 54.7 Å². The Bertz CT molecular complexity index is 626. The van der Waals surface area contributed by atoms with Crippen molar-refractivity contribution in [1.82, 2.24) is 4.90 Å². The van der Waals surface area contributed by atoms with Gasteiger partial charge in [0.15, 0.2) is 0 Å². The molecule has 0 bridgehead atoms. The lowest BCUT2D eigenvalue weighted by Gasteiger charge is -2.30. The highest BCUT2D eigenvalue weighted by molar-refractivity contribution is 6.07. The number of hydrogen-bond acceptors (Lipinski definition) is 5. The molecule has 6 nitrogen and oxygen atoms in total. The molecule has 2 heterocycles. The molecular weight excluding hydrogens is 355 g/mol. The number of rotatable bonds is 4. The molecule has 0 aromatic heterocycles. The van der Waals surface area contributed by atoms with Gasteiger partial charge in [0.25, 0.3) is 0 Å². The smallest absolute Gasteiger partial charge is 0.406 e. The third kappa shape index (κ3) is 3.62. The van der Waals surface area contributed by atoms with Gasteiger partial charge in [-0.2, -0.15) is 13.2 Å². The standard InChI is InChI=1S/C17H20F3NO5/c1-9-4-5-11-13(15(23)21(14(11)22)8-17(18,19)20)12(9)16(24)26-7-10-3-2-6-25-10/h4-5,9-13H,2-3,6-8H2,1H3. The quantitative estimate of drug-likeness (QED) is 0.425. The van der Waals surface area contributed by atoms with Crippen LogP contribution in [0.15, 0.2) is 12.2 Å². The number of ether oxygens (including phenoxy) is 2. The van der Waals surface area contributed by atoms with Gasteiger partial charge in [0, 0.05) is 6.61 Å². The highest BCUT2D eigenvalue weighted by atomic mass is 19.4. The van der Waals surface area contributed by atoms with E-state index in [0.717, 1.165) is 12.8 Å². The number of halogens is 3. The van der Waals surface area contributed by atoms with E-state index in [9.17, 15) is 27.6 Å². The van der Waals surface area contributed by atoms with E-state index < -0.39 is 54.2 Å². The second-order valence-corrected chi connectivity index (χ2v) is 6.96. The molecule has 5 atom stereocenters. The van der Waals surface area contributed by atoms with E-state index in [-0.39, 0.29) is 17.6 Å². The van der Waals surface area contributed by atoms with E-state index in [0.29, 0.717) is 6.61 Å².